The van der Waals surface area contributed by atoms with Crippen LogP contribution in [0.2, 0.25) is 0 Å². The first-order chi connectivity index (χ1) is 11.5. The van der Waals surface area contributed by atoms with Crippen LogP contribution in [0.1, 0.15) is 18.4 Å². The molecule has 124 valence electrons. The van der Waals surface area contributed by atoms with Crippen molar-refractivity contribution in [2.24, 2.45) is 5.92 Å². The molecule has 3 fully saturated rings. The van der Waals surface area contributed by atoms with E-state index in [0.29, 0.717) is 11.6 Å². The Labute approximate surface area is 136 Å². The van der Waals surface area contributed by atoms with Crippen molar-refractivity contribution in [3.63, 3.8) is 0 Å². The molecular weight excluding hydrogens is 317 g/mol. The molecule has 1 N–H and O–H groups in total. The Bertz CT molecular complexity index is 798. The van der Waals surface area contributed by atoms with Crippen LogP contribution in [0.15, 0.2) is 30.5 Å². The smallest absolute Gasteiger partial charge is 0.153 e. The van der Waals surface area contributed by atoms with Gasteiger partial charge in [0.1, 0.15) is 17.3 Å². The molecule has 1 saturated carbocycles. The molecule has 0 spiro atoms. The quantitative estimate of drug-likeness (QED) is 0.939. The van der Waals surface area contributed by atoms with E-state index in [9.17, 15) is 18.0 Å². The highest BCUT2D eigenvalue weighted by Gasteiger charge is 2.44. The van der Waals surface area contributed by atoms with E-state index in [0.717, 1.165) is 31.0 Å². The molecule has 2 aromatic rings. The summed E-state index contributed by atoms with van der Waals surface area (Å²) in [6.45, 7) is 0. The Morgan fingerprint density at radius 2 is 1.83 bits per heavy atom. The minimum absolute atomic E-state index is 0.0395. The minimum atomic E-state index is -0.791. The number of benzene rings is 1. The van der Waals surface area contributed by atoms with Gasteiger partial charge in [-0.2, -0.15) is 0 Å². The first-order valence-corrected chi connectivity index (χ1v) is 7.91. The summed E-state index contributed by atoms with van der Waals surface area (Å²) >= 11 is 0. The molecule has 0 amide bonds. The summed E-state index contributed by atoms with van der Waals surface area (Å²) in [5.74, 6) is -2.02. The molecule has 3 heterocycles. The highest BCUT2D eigenvalue weighted by atomic mass is 19.1. The zero-order valence-electron chi connectivity index (χ0n) is 12.7. The molecule has 1 aromatic heterocycles. The molecule has 0 radical (unpaired) electrons. The van der Waals surface area contributed by atoms with Crippen molar-refractivity contribution in [1.82, 2.24) is 10.3 Å². The zero-order valence-corrected chi connectivity index (χ0v) is 12.7. The lowest BCUT2D eigenvalue weighted by Crippen LogP contribution is -2.61. The molecule has 6 heteroatoms. The average molecular weight is 332 g/mol. The molecule has 3 nitrogen and oxygen atoms in total. The van der Waals surface area contributed by atoms with Gasteiger partial charge in [0, 0.05) is 29.8 Å². The predicted molar refractivity (Wildman–Crippen MR) is 81.7 cm³/mol. The van der Waals surface area contributed by atoms with Crippen LogP contribution in [-0.4, -0.2) is 22.9 Å². The molecule has 24 heavy (non-hydrogen) atoms. The van der Waals surface area contributed by atoms with Crippen molar-refractivity contribution in [3.05, 3.63) is 53.5 Å². The molecule has 2 aliphatic heterocycles. The monoisotopic (exact) mass is 332 g/mol. The maximum absolute atomic E-state index is 14.8. The summed E-state index contributed by atoms with van der Waals surface area (Å²) < 4.78 is 41.5. The third-order valence-electron chi connectivity index (χ3n) is 4.85. The Hall–Kier alpha value is -2.21. The maximum atomic E-state index is 14.8. The van der Waals surface area contributed by atoms with E-state index in [1.165, 1.54) is 12.3 Å². The van der Waals surface area contributed by atoms with E-state index in [-0.39, 0.29) is 29.4 Å². The van der Waals surface area contributed by atoms with E-state index < -0.39 is 23.5 Å². The molecule has 3 aliphatic rings. The minimum Gasteiger partial charge on any atom is -0.304 e. The van der Waals surface area contributed by atoms with Crippen molar-refractivity contribution in [3.8, 4) is 11.3 Å². The number of hydrogen-bond acceptors (Lipinski definition) is 3. The van der Waals surface area contributed by atoms with Crippen LogP contribution in [0.3, 0.4) is 0 Å². The number of nitrogens with one attached hydrogen (secondary N) is 1. The van der Waals surface area contributed by atoms with Gasteiger partial charge < -0.3 is 5.32 Å². The van der Waals surface area contributed by atoms with Gasteiger partial charge in [0.05, 0.1) is 6.04 Å². The normalized spacial score (nSPS) is 25.5. The van der Waals surface area contributed by atoms with Crippen molar-refractivity contribution >= 4 is 5.78 Å². The Balaban J connectivity index is 1.64. The van der Waals surface area contributed by atoms with Crippen LogP contribution < -0.4 is 5.32 Å². The lowest BCUT2D eigenvalue weighted by atomic mass is 9.70. The van der Waals surface area contributed by atoms with E-state index in [4.69, 9.17) is 0 Å². The summed E-state index contributed by atoms with van der Waals surface area (Å²) in [5, 5.41) is 3.23. The van der Waals surface area contributed by atoms with Crippen LogP contribution in [0.25, 0.3) is 11.3 Å². The number of fused-ring (bicyclic) bond motifs is 2. The number of carbonyl (C=O) groups excluding carboxylic acids is 1. The third kappa shape index (κ3) is 2.60. The van der Waals surface area contributed by atoms with Crippen LogP contribution in [0.5, 0.6) is 0 Å². The van der Waals surface area contributed by atoms with Gasteiger partial charge in [-0.1, -0.05) is 0 Å². The molecule has 2 bridgehead atoms. The highest BCUT2D eigenvalue weighted by Crippen LogP contribution is 2.35. The van der Waals surface area contributed by atoms with Crippen LogP contribution in [0.4, 0.5) is 13.2 Å². The Morgan fingerprint density at radius 1 is 1.12 bits per heavy atom. The number of nitrogens with zero attached hydrogens (tertiary/aromatic N) is 1. The number of pyridine rings is 1. The number of rotatable bonds is 3. The highest BCUT2D eigenvalue weighted by molar-refractivity contribution is 5.89. The van der Waals surface area contributed by atoms with Crippen LogP contribution in [-0.2, 0) is 11.2 Å². The summed E-state index contributed by atoms with van der Waals surface area (Å²) in [6, 6.07) is 4.23. The fourth-order valence-corrected chi connectivity index (χ4v) is 3.55. The Morgan fingerprint density at radius 3 is 2.50 bits per heavy atom. The fourth-order valence-electron chi connectivity index (χ4n) is 3.55. The molecule has 5 rings (SSSR count). The number of carbonyl (C=O) groups is 1. The summed E-state index contributed by atoms with van der Waals surface area (Å²) in [4.78, 5) is 16.1. The molecule has 1 aliphatic carbocycles. The number of piperidine rings is 2. The second-order valence-electron chi connectivity index (χ2n) is 6.48. The SMILES string of the molecule is O=C1C2CC(C2)NC1Cc1ccnc(-c2cc(F)cc(F)c2)c1F. The van der Waals surface area contributed by atoms with E-state index in [1.807, 2.05) is 0 Å². The van der Waals surface area contributed by atoms with E-state index in [1.54, 1.807) is 0 Å². The lowest BCUT2D eigenvalue weighted by Gasteiger charge is -2.45. The average Bonchev–Trinajstić information content (AvgIpc) is 2.49. The van der Waals surface area contributed by atoms with Crippen molar-refractivity contribution in [1.29, 1.82) is 0 Å². The second kappa shape index (κ2) is 5.70. The number of Topliss-reactive ketones (excluding diaryl/α,β-unsaturated/α-hetero) is 1. The van der Waals surface area contributed by atoms with E-state index in [2.05, 4.69) is 10.3 Å². The Kier molecular flexibility index (Phi) is 3.64. The van der Waals surface area contributed by atoms with E-state index >= 15 is 0 Å². The second-order valence-corrected chi connectivity index (χ2v) is 6.48. The number of aromatic nitrogens is 1. The first kappa shape index (κ1) is 15.3. The van der Waals surface area contributed by atoms with Crippen molar-refractivity contribution < 1.29 is 18.0 Å². The van der Waals surface area contributed by atoms with Gasteiger partial charge in [-0.25, -0.2) is 13.2 Å². The lowest BCUT2D eigenvalue weighted by molar-refractivity contribution is -0.133. The summed E-state index contributed by atoms with van der Waals surface area (Å²) in [7, 11) is 0. The molecule has 1 unspecified atom stereocenters. The van der Waals surface area contributed by atoms with Crippen LogP contribution in [0, 0.1) is 23.4 Å². The van der Waals surface area contributed by atoms with Crippen molar-refractivity contribution in [2.45, 2.75) is 31.3 Å². The van der Waals surface area contributed by atoms with Gasteiger partial charge in [-0.05, 0) is 43.0 Å². The van der Waals surface area contributed by atoms with Gasteiger partial charge in [-0.15, -0.1) is 0 Å². The number of ketones is 1. The largest absolute Gasteiger partial charge is 0.304 e. The van der Waals surface area contributed by atoms with Gasteiger partial charge >= 0.3 is 0 Å². The van der Waals surface area contributed by atoms with Crippen molar-refractivity contribution in [2.75, 3.05) is 0 Å². The fraction of sp³-hybridized carbons (Fsp3) is 0.333. The van der Waals surface area contributed by atoms with Crippen LogP contribution >= 0.6 is 0 Å². The van der Waals surface area contributed by atoms with Gasteiger partial charge in [-0.3, -0.25) is 9.78 Å². The molecule has 1 atom stereocenters. The van der Waals surface area contributed by atoms with Gasteiger partial charge in [0.2, 0.25) is 0 Å². The first-order valence-electron chi connectivity index (χ1n) is 7.91. The summed E-state index contributed by atoms with van der Waals surface area (Å²) in [6.07, 6.45) is 3.33. The maximum Gasteiger partial charge on any atom is 0.153 e. The molecular formula is C18H15F3N2O. The zero-order chi connectivity index (χ0) is 16.8. The third-order valence-corrected chi connectivity index (χ3v) is 4.85. The summed E-state index contributed by atoms with van der Waals surface area (Å²) in [5.41, 5.74) is 0.244. The molecule has 2 saturated heterocycles. The topological polar surface area (TPSA) is 42.0 Å². The van der Waals surface area contributed by atoms with Gasteiger partial charge in [0.25, 0.3) is 0 Å². The standard InChI is InChI=1S/C18H15F3N2O/c19-12-3-10(4-13(20)8-12)17-16(21)9(1-2-22-17)7-15-18(24)11-5-14(6-11)23-15/h1-4,8,11,14-15,23H,5-7H2. The number of hydrogen-bond donors (Lipinski definition) is 1. The number of halogens is 3. The van der Waals surface area contributed by atoms with Gasteiger partial charge in [0.15, 0.2) is 11.6 Å². The molecule has 1 aromatic carbocycles. The predicted octanol–water partition coefficient (Wildman–Crippen LogP) is 3.03.